The topological polar surface area (TPSA) is 118 Å². The van der Waals surface area contributed by atoms with Gasteiger partial charge in [0.25, 0.3) is 5.91 Å². The monoisotopic (exact) mass is 452 g/mol. The Hall–Kier alpha value is -2.76. The second-order valence-electron chi connectivity index (χ2n) is 5.95. The first-order valence-corrected chi connectivity index (χ1v) is 11.5. The fourth-order valence-corrected chi connectivity index (χ4v) is 4.65. The van der Waals surface area contributed by atoms with Gasteiger partial charge in [0.15, 0.2) is 17.4 Å². The largest absolute Gasteiger partial charge is 0.451 e. The summed E-state index contributed by atoms with van der Waals surface area (Å²) in [6.07, 6.45) is 1.66. The highest BCUT2D eigenvalue weighted by atomic mass is 32.2. The van der Waals surface area contributed by atoms with E-state index in [0.717, 1.165) is 0 Å². The van der Waals surface area contributed by atoms with Crippen molar-refractivity contribution in [2.75, 3.05) is 36.9 Å². The second kappa shape index (κ2) is 10.9. The Bertz CT molecular complexity index is 1000. The molecule has 0 saturated heterocycles. The van der Waals surface area contributed by atoms with Gasteiger partial charge in [-0.15, -0.1) is 17.9 Å². The number of benzene rings is 1. The van der Waals surface area contributed by atoms with Crippen LogP contribution in [0.15, 0.2) is 47.2 Å². The minimum Gasteiger partial charge on any atom is -0.451 e. The molecule has 0 spiro atoms. The van der Waals surface area contributed by atoms with Gasteiger partial charge in [0, 0.05) is 30.7 Å². The standard InChI is InChI=1S/C19H24N4O5S2/c1-4-10-20-19-22-16(13-29-19)18(25)28-12-17(24)21-14-8-7-9-15(11-14)30(26,27)23(5-2)6-3/h4,7-9,11,13H,1,5-6,10,12H2,2-3H3,(H,20,22)(H,21,24). The van der Waals surface area contributed by atoms with Crippen LogP contribution >= 0.6 is 11.3 Å². The van der Waals surface area contributed by atoms with Gasteiger partial charge < -0.3 is 15.4 Å². The predicted octanol–water partition coefficient (Wildman–Crippen LogP) is 2.57. The van der Waals surface area contributed by atoms with Gasteiger partial charge in [0.05, 0.1) is 4.90 Å². The summed E-state index contributed by atoms with van der Waals surface area (Å²) >= 11 is 1.23. The number of carbonyl (C=O) groups excluding carboxylic acids is 2. The number of hydrogen-bond acceptors (Lipinski definition) is 8. The first-order chi connectivity index (χ1) is 14.3. The van der Waals surface area contributed by atoms with E-state index in [4.69, 9.17) is 4.74 Å². The summed E-state index contributed by atoms with van der Waals surface area (Å²) in [7, 11) is -3.65. The maximum absolute atomic E-state index is 12.6. The summed E-state index contributed by atoms with van der Waals surface area (Å²) in [4.78, 5) is 28.3. The fourth-order valence-electron chi connectivity index (χ4n) is 2.46. The highest BCUT2D eigenvalue weighted by Crippen LogP contribution is 2.20. The molecule has 1 amide bonds. The predicted molar refractivity (Wildman–Crippen MR) is 116 cm³/mol. The van der Waals surface area contributed by atoms with Gasteiger partial charge in [-0.05, 0) is 18.2 Å². The third kappa shape index (κ3) is 6.12. The van der Waals surface area contributed by atoms with Gasteiger partial charge in [-0.1, -0.05) is 26.0 Å². The van der Waals surface area contributed by atoms with Crippen LogP contribution in [0.1, 0.15) is 24.3 Å². The van der Waals surface area contributed by atoms with Crippen molar-refractivity contribution in [2.45, 2.75) is 18.7 Å². The van der Waals surface area contributed by atoms with Crippen molar-refractivity contribution < 1.29 is 22.7 Å². The summed E-state index contributed by atoms with van der Waals surface area (Å²) in [5.41, 5.74) is 0.375. The van der Waals surface area contributed by atoms with E-state index in [1.54, 1.807) is 26.0 Å². The molecule has 1 aromatic carbocycles. The Balaban J connectivity index is 1.96. The lowest BCUT2D eigenvalue weighted by atomic mass is 10.3. The number of nitrogens with zero attached hydrogens (tertiary/aromatic N) is 2. The number of sulfonamides is 1. The van der Waals surface area contributed by atoms with Crippen molar-refractivity contribution >= 4 is 44.1 Å². The Morgan fingerprint density at radius 2 is 2.03 bits per heavy atom. The number of amides is 1. The first kappa shape index (κ1) is 23.5. The molecule has 2 N–H and O–H groups in total. The van der Waals surface area contributed by atoms with E-state index < -0.39 is 28.5 Å². The van der Waals surface area contributed by atoms with Crippen molar-refractivity contribution in [1.29, 1.82) is 0 Å². The number of esters is 1. The van der Waals surface area contributed by atoms with E-state index in [1.165, 1.54) is 39.2 Å². The first-order valence-electron chi connectivity index (χ1n) is 9.19. The summed E-state index contributed by atoms with van der Waals surface area (Å²) in [5.74, 6) is -1.33. The molecule has 2 rings (SSSR count). The van der Waals surface area contributed by atoms with E-state index in [0.29, 0.717) is 24.8 Å². The highest BCUT2D eigenvalue weighted by Gasteiger charge is 2.22. The number of rotatable bonds is 11. The van der Waals surface area contributed by atoms with E-state index in [9.17, 15) is 18.0 Å². The smallest absolute Gasteiger partial charge is 0.358 e. The zero-order valence-corrected chi connectivity index (χ0v) is 18.4. The van der Waals surface area contributed by atoms with Crippen LogP contribution in [-0.2, 0) is 19.6 Å². The minimum atomic E-state index is -3.65. The number of ether oxygens (including phenoxy) is 1. The van der Waals surface area contributed by atoms with Crippen molar-refractivity contribution in [3.63, 3.8) is 0 Å². The third-order valence-corrected chi connectivity index (χ3v) is 6.75. The Kier molecular flexibility index (Phi) is 8.51. The van der Waals surface area contributed by atoms with Crippen molar-refractivity contribution in [3.05, 3.63) is 48.0 Å². The molecule has 0 bridgehead atoms. The van der Waals surface area contributed by atoms with Crippen LogP contribution in [0.5, 0.6) is 0 Å². The van der Waals surface area contributed by atoms with E-state index >= 15 is 0 Å². The molecule has 162 valence electrons. The summed E-state index contributed by atoms with van der Waals surface area (Å²) in [6.45, 7) is 7.74. The number of carbonyl (C=O) groups is 2. The molecule has 0 fully saturated rings. The van der Waals surface area contributed by atoms with E-state index in [-0.39, 0.29) is 16.3 Å². The van der Waals surface area contributed by atoms with E-state index in [1.807, 2.05) is 0 Å². The van der Waals surface area contributed by atoms with Gasteiger partial charge in [0.1, 0.15) is 0 Å². The van der Waals surface area contributed by atoms with Crippen LogP contribution in [0, 0.1) is 0 Å². The van der Waals surface area contributed by atoms with Crippen LogP contribution in [0.25, 0.3) is 0 Å². The van der Waals surface area contributed by atoms with Crippen molar-refractivity contribution in [3.8, 4) is 0 Å². The molecular formula is C19H24N4O5S2. The average Bonchev–Trinajstić information content (AvgIpc) is 3.20. The molecule has 0 saturated carbocycles. The normalized spacial score (nSPS) is 11.2. The molecular weight excluding hydrogens is 428 g/mol. The van der Waals surface area contributed by atoms with Gasteiger partial charge in [-0.3, -0.25) is 4.79 Å². The molecule has 2 aromatic rings. The quantitative estimate of drug-likeness (QED) is 0.397. The van der Waals surface area contributed by atoms with Crippen LogP contribution in [0.3, 0.4) is 0 Å². The highest BCUT2D eigenvalue weighted by molar-refractivity contribution is 7.89. The number of nitrogens with one attached hydrogen (secondary N) is 2. The molecule has 1 heterocycles. The lowest BCUT2D eigenvalue weighted by Crippen LogP contribution is -2.30. The van der Waals surface area contributed by atoms with Gasteiger partial charge >= 0.3 is 5.97 Å². The maximum Gasteiger partial charge on any atom is 0.358 e. The molecule has 0 radical (unpaired) electrons. The number of thiazole rings is 1. The zero-order chi connectivity index (χ0) is 22.1. The summed E-state index contributed by atoms with van der Waals surface area (Å²) in [5, 5.41) is 7.54. The zero-order valence-electron chi connectivity index (χ0n) is 16.8. The molecule has 30 heavy (non-hydrogen) atoms. The van der Waals surface area contributed by atoms with Crippen LogP contribution < -0.4 is 10.6 Å². The Morgan fingerprint density at radius 1 is 1.30 bits per heavy atom. The average molecular weight is 453 g/mol. The molecule has 9 nitrogen and oxygen atoms in total. The van der Waals surface area contributed by atoms with E-state index in [2.05, 4.69) is 22.2 Å². The van der Waals surface area contributed by atoms with Crippen LogP contribution in [-0.4, -0.2) is 55.8 Å². The molecule has 11 heteroatoms. The minimum absolute atomic E-state index is 0.0722. The SMILES string of the molecule is C=CCNc1nc(C(=O)OCC(=O)Nc2cccc(S(=O)(=O)N(CC)CC)c2)cs1. The lowest BCUT2D eigenvalue weighted by Gasteiger charge is -2.18. The number of hydrogen-bond donors (Lipinski definition) is 2. The van der Waals surface area contributed by atoms with Crippen LogP contribution in [0.4, 0.5) is 10.8 Å². The molecule has 0 aliphatic heterocycles. The molecule has 0 aliphatic carbocycles. The molecule has 0 unspecified atom stereocenters. The third-order valence-electron chi connectivity index (χ3n) is 3.91. The number of anilines is 2. The summed E-state index contributed by atoms with van der Waals surface area (Å²) < 4.78 is 31.5. The molecule has 0 aliphatic rings. The van der Waals surface area contributed by atoms with Crippen molar-refractivity contribution in [1.82, 2.24) is 9.29 Å². The number of aromatic nitrogens is 1. The fraction of sp³-hybridized carbons (Fsp3) is 0.316. The Labute approximate surface area is 179 Å². The van der Waals surface area contributed by atoms with Crippen LogP contribution in [0.2, 0.25) is 0 Å². The second-order valence-corrected chi connectivity index (χ2v) is 8.74. The Morgan fingerprint density at radius 3 is 2.70 bits per heavy atom. The lowest BCUT2D eigenvalue weighted by molar-refractivity contribution is -0.119. The molecule has 0 atom stereocenters. The molecule has 1 aromatic heterocycles. The maximum atomic E-state index is 12.6. The summed E-state index contributed by atoms with van der Waals surface area (Å²) in [6, 6.07) is 5.92. The van der Waals surface area contributed by atoms with Gasteiger partial charge in [0.2, 0.25) is 10.0 Å². The van der Waals surface area contributed by atoms with Crippen molar-refractivity contribution in [2.24, 2.45) is 0 Å². The van der Waals surface area contributed by atoms with Gasteiger partial charge in [-0.25, -0.2) is 18.2 Å². The van der Waals surface area contributed by atoms with Gasteiger partial charge in [-0.2, -0.15) is 4.31 Å².